The normalized spacial score (nSPS) is 23.0. The summed E-state index contributed by atoms with van der Waals surface area (Å²) in [5.74, 6) is 1.23. The Bertz CT molecular complexity index is 886. The van der Waals surface area contributed by atoms with Crippen LogP contribution in [0.3, 0.4) is 0 Å². The number of ketones is 1. The summed E-state index contributed by atoms with van der Waals surface area (Å²) < 4.78 is 11.1. The molecule has 2 aromatic carbocycles. The first-order valence-corrected chi connectivity index (χ1v) is 8.27. The second kappa shape index (κ2) is 5.52. The highest BCUT2D eigenvalue weighted by molar-refractivity contribution is 6.00. The smallest absolute Gasteiger partial charge is 0.201 e. The number of Topliss-reactive ketones (excluding diaryl/α,β-unsaturated/α-hetero) is 1. The molecule has 3 nitrogen and oxygen atoms in total. The number of hydrogen-bond acceptors (Lipinski definition) is 3. The van der Waals surface area contributed by atoms with Crippen LogP contribution in [0.15, 0.2) is 59.0 Å². The summed E-state index contributed by atoms with van der Waals surface area (Å²) in [5, 5.41) is 0.905. The van der Waals surface area contributed by atoms with Crippen molar-refractivity contribution in [1.29, 1.82) is 0 Å². The molecule has 0 aliphatic heterocycles. The van der Waals surface area contributed by atoms with Crippen molar-refractivity contribution < 1.29 is 13.9 Å². The highest BCUT2D eigenvalue weighted by Crippen LogP contribution is 2.48. The Morgan fingerprint density at radius 3 is 2.58 bits per heavy atom. The number of fused-ring (bicyclic) bond motifs is 1. The van der Waals surface area contributed by atoms with Crippen molar-refractivity contribution in [2.24, 2.45) is 5.92 Å². The Morgan fingerprint density at radius 2 is 1.88 bits per heavy atom. The van der Waals surface area contributed by atoms with Gasteiger partial charge in [0.05, 0.1) is 7.11 Å². The molecule has 1 heterocycles. The van der Waals surface area contributed by atoms with Crippen LogP contribution in [0, 0.1) is 5.92 Å². The molecule has 4 rings (SSSR count). The Kier molecular flexibility index (Phi) is 3.45. The number of methoxy groups -OCH3 is 1. The number of benzene rings is 2. The minimum atomic E-state index is 0.0294. The lowest BCUT2D eigenvalue weighted by Crippen LogP contribution is -2.42. The van der Waals surface area contributed by atoms with Crippen molar-refractivity contribution >= 4 is 16.8 Å². The van der Waals surface area contributed by atoms with Crippen molar-refractivity contribution in [3.63, 3.8) is 0 Å². The van der Waals surface area contributed by atoms with E-state index in [9.17, 15) is 4.79 Å². The molecule has 0 radical (unpaired) electrons. The summed E-state index contributed by atoms with van der Waals surface area (Å²) in [6.45, 7) is 2.23. The summed E-state index contributed by atoms with van der Waals surface area (Å²) in [4.78, 5) is 12.8. The zero-order chi connectivity index (χ0) is 16.7. The lowest BCUT2D eigenvalue weighted by molar-refractivity contribution is 0.0706. The van der Waals surface area contributed by atoms with Gasteiger partial charge in [-0.3, -0.25) is 4.79 Å². The Morgan fingerprint density at radius 1 is 1.12 bits per heavy atom. The fraction of sp³-hybridized carbons (Fsp3) is 0.286. The molecule has 0 N–H and O–H groups in total. The molecule has 122 valence electrons. The van der Waals surface area contributed by atoms with Gasteiger partial charge in [0.1, 0.15) is 0 Å². The van der Waals surface area contributed by atoms with E-state index in [1.807, 2.05) is 30.3 Å². The Labute approximate surface area is 141 Å². The SMILES string of the molecule is COc1cccc2cc(C(=O)C3CC(C)(c4ccccc4)C3)oc12. The first-order chi connectivity index (χ1) is 11.6. The maximum atomic E-state index is 12.8. The van der Waals surface area contributed by atoms with Gasteiger partial charge in [0.15, 0.2) is 17.1 Å². The van der Waals surface area contributed by atoms with Crippen LogP contribution in [0.4, 0.5) is 0 Å². The Hall–Kier alpha value is -2.55. The highest BCUT2D eigenvalue weighted by Gasteiger charge is 2.45. The van der Waals surface area contributed by atoms with E-state index in [-0.39, 0.29) is 17.1 Å². The third-order valence-electron chi connectivity index (χ3n) is 5.21. The fourth-order valence-corrected chi connectivity index (χ4v) is 3.81. The van der Waals surface area contributed by atoms with Gasteiger partial charge in [0.25, 0.3) is 0 Å². The zero-order valence-electron chi connectivity index (χ0n) is 13.9. The van der Waals surface area contributed by atoms with Crippen LogP contribution in [0.5, 0.6) is 5.75 Å². The molecule has 3 heteroatoms. The summed E-state index contributed by atoms with van der Waals surface area (Å²) >= 11 is 0. The van der Waals surface area contributed by atoms with Crippen molar-refractivity contribution in [3.05, 3.63) is 65.9 Å². The van der Waals surface area contributed by atoms with E-state index in [0.29, 0.717) is 17.1 Å². The van der Waals surface area contributed by atoms with Crippen molar-refractivity contribution in [2.75, 3.05) is 7.11 Å². The minimum absolute atomic E-state index is 0.0294. The van der Waals surface area contributed by atoms with E-state index in [4.69, 9.17) is 9.15 Å². The summed E-state index contributed by atoms with van der Waals surface area (Å²) in [6, 6.07) is 17.9. The zero-order valence-corrected chi connectivity index (χ0v) is 13.9. The molecule has 0 unspecified atom stereocenters. The molecule has 0 atom stereocenters. The number of carbonyl (C=O) groups excluding carboxylic acids is 1. The van der Waals surface area contributed by atoms with E-state index in [1.165, 1.54) is 5.56 Å². The van der Waals surface area contributed by atoms with Crippen molar-refractivity contribution in [1.82, 2.24) is 0 Å². The van der Waals surface area contributed by atoms with Gasteiger partial charge in [0.2, 0.25) is 5.78 Å². The molecular weight excluding hydrogens is 300 g/mol. The van der Waals surface area contributed by atoms with Crippen LogP contribution in [0.1, 0.15) is 35.9 Å². The predicted molar refractivity (Wildman–Crippen MR) is 93.6 cm³/mol. The van der Waals surface area contributed by atoms with Crippen LogP contribution in [0.25, 0.3) is 11.0 Å². The molecule has 0 bridgehead atoms. The molecule has 1 fully saturated rings. The molecule has 1 aliphatic carbocycles. The third kappa shape index (κ3) is 2.32. The van der Waals surface area contributed by atoms with E-state index >= 15 is 0 Å². The van der Waals surface area contributed by atoms with Crippen LogP contribution in [-0.2, 0) is 5.41 Å². The molecule has 3 aromatic rings. The summed E-state index contributed by atoms with van der Waals surface area (Å²) in [5.41, 5.74) is 2.04. The largest absolute Gasteiger partial charge is 0.493 e. The minimum Gasteiger partial charge on any atom is -0.493 e. The van der Waals surface area contributed by atoms with Gasteiger partial charge >= 0.3 is 0 Å². The number of hydrogen-bond donors (Lipinski definition) is 0. The van der Waals surface area contributed by atoms with E-state index in [2.05, 4.69) is 31.2 Å². The number of ether oxygens (including phenoxy) is 1. The number of rotatable bonds is 4. The molecule has 24 heavy (non-hydrogen) atoms. The van der Waals surface area contributed by atoms with Gasteiger partial charge in [-0.05, 0) is 36.0 Å². The first kappa shape index (κ1) is 15.0. The standard InChI is InChI=1S/C21H20O3/c1-21(16-8-4-3-5-9-16)12-15(13-21)19(22)18-11-14-7-6-10-17(23-2)20(14)24-18/h3-11,15H,12-13H2,1-2H3. The average molecular weight is 320 g/mol. The number of para-hydroxylation sites is 1. The number of furan rings is 1. The van der Waals surface area contributed by atoms with Gasteiger partial charge < -0.3 is 9.15 Å². The predicted octanol–water partition coefficient (Wildman–Crippen LogP) is 4.99. The molecule has 1 aliphatic rings. The van der Waals surface area contributed by atoms with Crippen LogP contribution < -0.4 is 4.74 Å². The highest BCUT2D eigenvalue weighted by atomic mass is 16.5. The van der Waals surface area contributed by atoms with E-state index < -0.39 is 0 Å². The van der Waals surface area contributed by atoms with E-state index in [0.717, 1.165) is 18.2 Å². The van der Waals surface area contributed by atoms with Crippen molar-refractivity contribution in [2.45, 2.75) is 25.2 Å². The topological polar surface area (TPSA) is 39.4 Å². The molecule has 1 saturated carbocycles. The van der Waals surface area contributed by atoms with Crippen LogP contribution >= 0.6 is 0 Å². The first-order valence-electron chi connectivity index (χ1n) is 8.27. The maximum Gasteiger partial charge on any atom is 0.201 e. The average Bonchev–Trinajstić information content (AvgIpc) is 3.03. The quantitative estimate of drug-likeness (QED) is 0.636. The number of carbonyl (C=O) groups is 1. The van der Waals surface area contributed by atoms with E-state index in [1.54, 1.807) is 7.11 Å². The molecular formula is C21H20O3. The van der Waals surface area contributed by atoms with Crippen LogP contribution in [0.2, 0.25) is 0 Å². The van der Waals surface area contributed by atoms with Gasteiger partial charge in [-0.25, -0.2) is 0 Å². The van der Waals surface area contributed by atoms with Crippen molar-refractivity contribution in [3.8, 4) is 5.75 Å². The molecule has 1 aromatic heterocycles. The molecule has 0 amide bonds. The fourth-order valence-electron chi connectivity index (χ4n) is 3.81. The van der Waals surface area contributed by atoms with Crippen LogP contribution in [-0.4, -0.2) is 12.9 Å². The summed E-state index contributed by atoms with van der Waals surface area (Å²) in [7, 11) is 1.61. The Balaban J connectivity index is 1.56. The van der Waals surface area contributed by atoms with Gasteiger partial charge in [0, 0.05) is 11.3 Å². The summed E-state index contributed by atoms with van der Waals surface area (Å²) in [6.07, 6.45) is 1.73. The third-order valence-corrected chi connectivity index (χ3v) is 5.21. The lowest BCUT2D eigenvalue weighted by atomic mass is 9.58. The second-order valence-corrected chi connectivity index (χ2v) is 6.89. The van der Waals surface area contributed by atoms with Gasteiger partial charge in [-0.1, -0.05) is 49.4 Å². The van der Waals surface area contributed by atoms with Gasteiger partial charge in [-0.2, -0.15) is 0 Å². The second-order valence-electron chi connectivity index (χ2n) is 6.89. The maximum absolute atomic E-state index is 12.8. The molecule has 0 spiro atoms. The van der Waals surface area contributed by atoms with Gasteiger partial charge in [-0.15, -0.1) is 0 Å². The lowest BCUT2D eigenvalue weighted by Gasteiger charge is -2.44. The molecule has 0 saturated heterocycles. The monoisotopic (exact) mass is 320 g/mol.